The number of allylic oxidation sites excluding steroid dienone is 1. The molecule has 17 heavy (non-hydrogen) atoms. The molecule has 1 heterocycles. The Balaban J connectivity index is 2.42. The molecule has 2 rings (SSSR count). The van der Waals surface area contributed by atoms with Gasteiger partial charge in [0.2, 0.25) is 0 Å². The van der Waals surface area contributed by atoms with Crippen molar-refractivity contribution in [2.24, 2.45) is 4.99 Å². The van der Waals surface area contributed by atoms with Crippen LogP contribution in [0.25, 0.3) is 0 Å². The van der Waals surface area contributed by atoms with Crippen LogP contribution in [0.3, 0.4) is 0 Å². The summed E-state index contributed by atoms with van der Waals surface area (Å²) >= 11 is 5.83. The van der Waals surface area contributed by atoms with Crippen LogP contribution < -0.4 is 0 Å². The van der Waals surface area contributed by atoms with E-state index < -0.39 is 11.7 Å². The average molecular weight is 260 g/mol. The van der Waals surface area contributed by atoms with Gasteiger partial charge >= 0.3 is 6.18 Å². The molecule has 1 atom stereocenters. The van der Waals surface area contributed by atoms with Crippen LogP contribution in [-0.2, 0) is 6.18 Å². The van der Waals surface area contributed by atoms with Gasteiger partial charge < -0.3 is 0 Å². The van der Waals surface area contributed by atoms with Crippen molar-refractivity contribution in [3.63, 3.8) is 0 Å². The quantitative estimate of drug-likeness (QED) is 0.707. The van der Waals surface area contributed by atoms with Gasteiger partial charge in [0.1, 0.15) is 0 Å². The van der Waals surface area contributed by atoms with Gasteiger partial charge in [-0.05, 0) is 18.1 Å². The smallest absolute Gasteiger partial charge is 0.269 e. The van der Waals surface area contributed by atoms with Gasteiger partial charge in [0.05, 0.1) is 10.6 Å². The predicted molar refractivity (Wildman–Crippen MR) is 61.4 cm³/mol. The number of benzene rings is 1. The zero-order valence-electron chi connectivity index (χ0n) is 8.71. The maximum atomic E-state index is 12.7. The number of nitrogens with zero attached hydrogens (tertiary/aromatic N) is 1. The van der Waals surface area contributed by atoms with Gasteiger partial charge in [-0.1, -0.05) is 29.8 Å². The summed E-state index contributed by atoms with van der Waals surface area (Å²) in [5, 5.41) is -0.218. The second-order valence-corrected chi connectivity index (χ2v) is 4.10. The fourth-order valence-corrected chi connectivity index (χ4v) is 2.13. The highest BCUT2D eigenvalue weighted by Gasteiger charge is 2.34. The zero-order valence-corrected chi connectivity index (χ0v) is 9.46. The highest BCUT2D eigenvalue weighted by molar-refractivity contribution is 6.32. The minimum absolute atomic E-state index is 0.137. The SMILES string of the molecule is FC(F)(F)c1cccc(C2C=CN=CC2)c1Cl. The lowest BCUT2D eigenvalue weighted by Gasteiger charge is -2.17. The van der Waals surface area contributed by atoms with Crippen LogP contribution in [0.1, 0.15) is 23.5 Å². The maximum absolute atomic E-state index is 12.7. The largest absolute Gasteiger partial charge is 0.417 e. The minimum Gasteiger partial charge on any atom is -0.269 e. The molecule has 0 aliphatic carbocycles. The zero-order chi connectivity index (χ0) is 12.5. The van der Waals surface area contributed by atoms with Crippen molar-refractivity contribution >= 4 is 17.8 Å². The van der Waals surface area contributed by atoms with Gasteiger partial charge in [-0.15, -0.1) is 0 Å². The Hall–Kier alpha value is -1.29. The van der Waals surface area contributed by atoms with E-state index in [4.69, 9.17) is 11.6 Å². The Morgan fingerprint density at radius 1 is 1.29 bits per heavy atom. The third-order valence-electron chi connectivity index (χ3n) is 2.60. The predicted octanol–water partition coefficient (Wildman–Crippen LogP) is 4.43. The molecule has 0 saturated heterocycles. The highest BCUT2D eigenvalue weighted by atomic mass is 35.5. The van der Waals surface area contributed by atoms with Crippen molar-refractivity contribution in [2.75, 3.05) is 0 Å². The molecule has 0 saturated carbocycles. The van der Waals surface area contributed by atoms with Gasteiger partial charge in [-0.25, -0.2) is 0 Å². The second kappa shape index (κ2) is 4.53. The molecule has 0 aromatic heterocycles. The lowest BCUT2D eigenvalue weighted by atomic mass is 9.93. The lowest BCUT2D eigenvalue weighted by Crippen LogP contribution is -2.09. The Morgan fingerprint density at radius 2 is 2.06 bits per heavy atom. The molecule has 5 heteroatoms. The van der Waals surface area contributed by atoms with E-state index in [-0.39, 0.29) is 10.9 Å². The number of hydrogen-bond acceptors (Lipinski definition) is 1. The van der Waals surface area contributed by atoms with Gasteiger partial charge in [0, 0.05) is 18.3 Å². The molecule has 0 bridgehead atoms. The molecule has 0 spiro atoms. The Bertz CT molecular complexity index is 477. The standard InChI is InChI=1S/C12H9ClF3N/c13-11-9(8-4-6-17-7-5-8)2-1-3-10(11)12(14,15)16/h1-4,6-8H,5H2. The first-order valence-electron chi connectivity index (χ1n) is 5.04. The molecule has 0 fully saturated rings. The van der Waals surface area contributed by atoms with Crippen LogP contribution in [0.5, 0.6) is 0 Å². The van der Waals surface area contributed by atoms with E-state index in [9.17, 15) is 13.2 Å². The van der Waals surface area contributed by atoms with Crippen molar-refractivity contribution in [1.29, 1.82) is 0 Å². The van der Waals surface area contributed by atoms with Gasteiger partial charge in [0.25, 0.3) is 0 Å². The summed E-state index contributed by atoms with van der Waals surface area (Å²) < 4.78 is 38.0. The van der Waals surface area contributed by atoms with Gasteiger partial charge in [0.15, 0.2) is 0 Å². The normalized spacial score (nSPS) is 19.6. The summed E-state index contributed by atoms with van der Waals surface area (Å²) in [6.45, 7) is 0. The van der Waals surface area contributed by atoms with Gasteiger partial charge in [-0.2, -0.15) is 13.2 Å². The summed E-state index contributed by atoms with van der Waals surface area (Å²) in [4.78, 5) is 3.88. The van der Waals surface area contributed by atoms with Crippen LogP contribution in [0, 0.1) is 0 Å². The molecule has 1 aromatic carbocycles. The lowest BCUT2D eigenvalue weighted by molar-refractivity contribution is -0.137. The molecule has 0 amide bonds. The van der Waals surface area contributed by atoms with E-state index in [1.165, 1.54) is 6.07 Å². The minimum atomic E-state index is -4.42. The van der Waals surface area contributed by atoms with Crippen molar-refractivity contribution in [3.8, 4) is 0 Å². The third-order valence-corrected chi connectivity index (χ3v) is 3.02. The summed E-state index contributed by atoms with van der Waals surface area (Å²) in [7, 11) is 0. The first-order valence-corrected chi connectivity index (χ1v) is 5.42. The van der Waals surface area contributed by atoms with Crippen LogP contribution in [-0.4, -0.2) is 6.21 Å². The Kier molecular flexibility index (Phi) is 3.24. The third kappa shape index (κ3) is 2.52. The number of rotatable bonds is 1. The molecule has 1 nitrogen and oxygen atoms in total. The van der Waals surface area contributed by atoms with E-state index in [1.807, 2.05) is 0 Å². The average Bonchev–Trinajstić information content (AvgIpc) is 2.29. The summed E-state index contributed by atoms with van der Waals surface area (Å²) in [5.74, 6) is -0.137. The van der Waals surface area contributed by atoms with Crippen molar-refractivity contribution in [3.05, 3.63) is 46.6 Å². The van der Waals surface area contributed by atoms with Crippen LogP contribution >= 0.6 is 11.6 Å². The summed E-state index contributed by atoms with van der Waals surface area (Å²) in [5.41, 5.74) is -0.295. The Morgan fingerprint density at radius 3 is 2.65 bits per heavy atom. The second-order valence-electron chi connectivity index (χ2n) is 3.72. The summed E-state index contributed by atoms with van der Waals surface area (Å²) in [6.07, 6.45) is 1.14. The van der Waals surface area contributed by atoms with E-state index in [2.05, 4.69) is 4.99 Å². The molecular formula is C12H9ClF3N. The van der Waals surface area contributed by atoms with Crippen LogP contribution in [0.2, 0.25) is 5.02 Å². The van der Waals surface area contributed by atoms with Crippen LogP contribution in [0.4, 0.5) is 13.2 Å². The van der Waals surface area contributed by atoms with Crippen molar-refractivity contribution in [1.82, 2.24) is 0 Å². The molecule has 1 aliphatic heterocycles. The molecule has 1 aromatic rings. The highest BCUT2D eigenvalue weighted by Crippen LogP contribution is 2.39. The van der Waals surface area contributed by atoms with E-state index in [0.717, 1.165) is 6.07 Å². The van der Waals surface area contributed by atoms with E-state index >= 15 is 0 Å². The number of halogens is 4. The van der Waals surface area contributed by atoms with E-state index in [0.29, 0.717) is 12.0 Å². The number of aliphatic imine (C=N–C) groups is 1. The van der Waals surface area contributed by atoms with Crippen molar-refractivity contribution in [2.45, 2.75) is 18.5 Å². The first kappa shape index (κ1) is 12.2. The topological polar surface area (TPSA) is 12.4 Å². The number of alkyl halides is 3. The maximum Gasteiger partial charge on any atom is 0.417 e. The molecule has 1 aliphatic rings. The fourth-order valence-electron chi connectivity index (χ4n) is 1.75. The molecular weight excluding hydrogens is 251 g/mol. The molecule has 90 valence electrons. The Labute approximate surface area is 102 Å². The molecule has 1 unspecified atom stereocenters. The molecule has 0 N–H and O–H groups in total. The van der Waals surface area contributed by atoms with Gasteiger partial charge in [-0.3, -0.25) is 4.99 Å². The first-order chi connectivity index (χ1) is 8.00. The van der Waals surface area contributed by atoms with Crippen LogP contribution in [0.15, 0.2) is 35.5 Å². The van der Waals surface area contributed by atoms with E-state index in [1.54, 1.807) is 24.6 Å². The van der Waals surface area contributed by atoms with Crippen molar-refractivity contribution < 1.29 is 13.2 Å². The fraction of sp³-hybridized carbons (Fsp3) is 0.250. The monoisotopic (exact) mass is 259 g/mol. The summed E-state index contributed by atoms with van der Waals surface area (Å²) in [6, 6.07) is 3.99. The number of hydrogen-bond donors (Lipinski definition) is 0. The molecule has 0 radical (unpaired) electrons.